The van der Waals surface area contributed by atoms with Crippen molar-refractivity contribution in [2.75, 3.05) is 5.32 Å². The van der Waals surface area contributed by atoms with Gasteiger partial charge in [0.25, 0.3) is 0 Å². The fourth-order valence-electron chi connectivity index (χ4n) is 3.40. The molecule has 2 aromatic heterocycles. The Morgan fingerprint density at radius 3 is 2.05 bits per heavy atom. The van der Waals surface area contributed by atoms with Crippen molar-refractivity contribution in [2.24, 2.45) is 0 Å². The van der Waals surface area contributed by atoms with Crippen LogP contribution in [0.2, 0.25) is 0 Å². The number of urea groups is 1. The zero-order valence-electron chi connectivity index (χ0n) is 20.0. The summed E-state index contributed by atoms with van der Waals surface area (Å²) in [6.07, 6.45) is -12.0. The molecule has 0 aliphatic carbocycles. The van der Waals surface area contributed by atoms with Crippen LogP contribution in [0.15, 0.2) is 77.5 Å². The number of carbonyl (C=O) groups is 2. The minimum Gasteiger partial charge on any atom is -0.475 e. The predicted molar refractivity (Wildman–Crippen MR) is 125 cm³/mol. The summed E-state index contributed by atoms with van der Waals surface area (Å²) in [5, 5.41) is 12.7. The van der Waals surface area contributed by atoms with Crippen molar-refractivity contribution in [2.45, 2.75) is 24.6 Å². The number of carbonyl (C=O) groups excluding carboxylic acids is 1. The summed E-state index contributed by atoms with van der Waals surface area (Å²) in [6.45, 7) is 0. The van der Waals surface area contributed by atoms with Gasteiger partial charge in [0.15, 0.2) is 0 Å². The number of nitrogens with one attached hydrogen (secondary N) is 2. The van der Waals surface area contributed by atoms with Crippen LogP contribution in [-0.2, 0) is 17.1 Å². The zero-order valence-corrected chi connectivity index (χ0v) is 20.0. The molecule has 0 unspecified atom stereocenters. The molecule has 41 heavy (non-hydrogen) atoms. The molecule has 0 bridgehead atoms. The normalized spacial score (nSPS) is 12.7. The maximum absolute atomic E-state index is 13.6. The number of carboxylic acids is 1. The van der Waals surface area contributed by atoms with Gasteiger partial charge in [-0.3, -0.25) is 4.98 Å². The number of aromatic nitrogens is 1. The summed E-state index contributed by atoms with van der Waals surface area (Å²) < 4.78 is 117. The number of fused-ring (bicyclic) bond motifs is 1. The third-order valence-electron chi connectivity index (χ3n) is 5.22. The van der Waals surface area contributed by atoms with E-state index in [9.17, 15) is 44.3 Å². The summed E-state index contributed by atoms with van der Waals surface area (Å²) in [6, 6.07) is 9.32. The smallest absolute Gasteiger partial charge is 0.475 e. The number of pyridine rings is 1. The molecular formula is C25H16F9N3O4. The first kappa shape index (κ1) is 30.8. The topological polar surface area (TPSA) is 104 Å². The Bertz CT molecular complexity index is 1510. The molecule has 0 aliphatic rings. The molecule has 4 rings (SSSR count). The standard InChI is InChI=1S/C23H15F6N3O2.C2HF3O2/c24-22(25,26)15-5-3-13(4-6-15)19(20-17(23(27,28)29)2-1-10-30-20)32-21(33)31-16-7-8-18-14(12-16)9-11-34-18;3-2(4,5)1(6)7/h1-12,19H,(H2,31,32,33);(H,6,7)/t19-;/m0./s1. The van der Waals surface area contributed by atoms with E-state index in [2.05, 4.69) is 15.6 Å². The number of anilines is 1. The van der Waals surface area contributed by atoms with E-state index < -0.39 is 53.4 Å². The number of amides is 2. The van der Waals surface area contributed by atoms with Crippen LogP contribution in [0.1, 0.15) is 28.4 Å². The van der Waals surface area contributed by atoms with Crippen LogP contribution in [0.25, 0.3) is 11.0 Å². The minimum atomic E-state index is -5.08. The van der Waals surface area contributed by atoms with Gasteiger partial charge in [0.1, 0.15) is 5.58 Å². The fourth-order valence-corrected chi connectivity index (χ4v) is 3.40. The van der Waals surface area contributed by atoms with Crippen molar-refractivity contribution in [1.29, 1.82) is 0 Å². The van der Waals surface area contributed by atoms with Crippen LogP contribution in [0.3, 0.4) is 0 Å². The first-order valence-corrected chi connectivity index (χ1v) is 11.0. The van der Waals surface area contributed by atoms with Gasteiger partial charge in [-0.1, -0.05) is 12.1 Å². The van der Waals surface area contributed by atoms with Crippen LogP contribution < -0.4 is 10.6 Å². The molecule has 4 aromatic rings. The number of nitrogens with zero attached hydrogens (tertiary/aromatic N) is 1. The molecule has 0 aliphatic heterocycles. The molecule has 16 heteroatoms. The van der Waals surface area contributed by atoms with Crippen LogP contribution in [0, 0.1) is 0 Å². The predicted octanol–water partition coefficient (Wildman–Crippen LogP) is 7.41. The number of rotatable bonds is 4. The molecule has 2 aromatic carbocycles. The molecule has 218 valence electrons. The summed E-state index contributed by atoms with van der Waals surface area (Å²) >= 11 is 0. The first-order valence-electron chi connectivity index (χ1n) is 11.0. The second-order valence-corrected chi connectivity index (χ2v) is 8.06. The third kappa shape index (κ3) is 8.12. The highest BCUT2D eigenvalue weighted by Gasteiger charge is 2.39. The Hall–Kier alpha value is -4.76. The van der Waals surface area contributed by atoms with E-state index in [0.717, 1.165) is 42.6 Å². The summed E-state index contributed by atoms with van der Waals surface area (Å²) in [4.78, 5) is 25.4. The van der Waals surface area contributed by atoms with Crippen LogP contribution in [0.5, 0.6) is 0 Å². The SMILES string of the molecule is O=C(Nc1ccc2occc2c1)N[C@@H](c1ccc(C(F)(F)F)cc1)c1ncccc1C(F)(F)F.O=C(O)C(F)(F)F. The number of carboxylic acid groups (broad SMARTS) is 1. The van der Waals surface area contributed by atoms with Gasteiger partial charge in [-0.15, -0.1) is 0 Å². The highest BCUT2D eigenvalue weighted by Crippen LogP contribution is 2.36. The van der Waals surface area contributed by atoms with E-state index in [1.54, 1.807) is 18.2 Å². The number of furan rings is 1. The first-order chi connectivity index (χ1) is 19.0. The molecule has 0 spiro atoms. The Labute approximate surface area is 223 Å². The Balaban J connectivity index is 0.000000587. The monoisotopic (exact) mass is 593 g/mol. The van der Waals surface area contributed by atoms with Gasteiger partial charge in [0, 0.05) is 17.3 Å². The lowest BCUT2D eigenvalue weighted by Gasteiger charge is -2.23. The Morgan fingerprint density at radius 1 is 0.854 bits per heavy atom. The Morgan fingerprint density at radius 2 is 1.49 bits per heavy atom. The number of halogens is 9. The van der Waals surface area contributed by atoms with Crippen molar-refractivity contribution in [3.63, 3.8) is 0 Å². The second kappa shape index (κ2) is 11.8. The lowest BCUT2D eigenvalue weighted by atomic mass is 9.98. The van der Waals surface area contributed by atoms with Crippen LogP contribution >= 0.6 is 0 Å². The van der Waals surface area contributed by atoms with Gasteiger partial charge < -0.3 is 20.2 Å². The molecule has 0 fully saturated rings. The number of benzene rings is 2. The average molecular weight is 593 g/mol. The van der Waals surface area contributed by atoms with E-state index in [0.29, 0.717) is 16.7 Å². The van der Waals surface area contributed by atoms with Gasteiger partial charge in [-0.25, -0.2) is 9.59 Å². The van der Waals surface area contributed by atoms with E-state index in [4.69, 9.17) is 14.3 Å². The molecule has 3 N–H and O–H groups in total. The zero-order chi connectivity index (χ0) is 30.6. The Kier molecular flexibility index (Phi) is 8.84. The van der Waals surface area contributed by atoms with Crippen LogP contribution in [0.4, 0.5) is 50.0 Å². The molecule has 7 nitrogen and oxygen atoms in total. The number of hydrogen-bond donors (Lipinski definition) is 3. The maximum atomic E-state index is 13.6. The van der Waals surface area contributed by atoms with Crippen molar-refractivity contribution in [3.05, 3.63) is 95.5 Å². The largest absolute Gasteiger partial charge is 0.490 e. The lowest BCUT2D eigenvalue weighted by molar-refractivity contribution is -0.192. The van der Waals surface area contributed by atoms with E-state index in [1.807, 2.05) is 0 Å². The second-order valence-electron chi connectivity index (χ2n) is 8.06. The highest BCUT2D eigenvalue weighted by molar-refractivity contribution is 5.92. The number of aliphatic carboxylic acids is 1. The third-order valence-corrected chi connectivity index (χ3v) is 5.22. The van der Waals surface area contributed by atoms with Gasteiger partial charge in [-0.05, 0) is 54.1 Å². The van der Waals surface area contributed by atoms with E-state index in [-0.39, 0.29) is 5.56 Å². The molecule has 0 radical (unpaired) electrons. The molecule has 0 saturated carbocycles. The molecule has 2 heterocycles. The highest BCUT2D eigenvalue weighted by atomic mass is 19.4. The quantitative estimate of drug-likeness (QED) is 0.214. The van der Waals surface area contributed by atoms with Crippen molar-refractivity contribution >= 4 is 28.7 Å². The van der Waals surface area contributed by atoms with Crippen molar-refractivity contribution in [1.82, 2.24) is 10.3 Å². The number of hydrogen-bond acceptors (Lipinski definition) is 4. The fraction of sp³-hybridized carbons (Fsp3) is 0.160. The van der Waals surface area contributed by atoms with E-state index in [1.165, 1.54) is 12.3 Å². The lowest BCUT2D eigenvalue weighted by Crippen LogP contribution is -2.35. The maximum Gasteiger partial charge on any atom is 0.490 e. The minimum absolute atomic E-state index is 0.0161. The molecule has 1 atom stereocenters. The van der Waals surface area contributed by atoms with E-state index >= 15 is 0 Å². The van der Waals surface area contributed by atoms with Crippen molar-refractivity contribution in [3.8, 4) is 0 Å². The summed E-state index contributed by atoms with van der Waals surface area (Å²) in [5.41, 5.74) is -1.79. The van der Waals surface area contributed by atoms with Gasteiger partial charge in [0.05, 0.1) is 29.1 Å². The van der Waals surface area contributed by atoms with Gasteiger partial charge in [-0.2, -0.15) is 39.5 Å². The van der Waals surface area contributed by atoms with Crippen LogP contribution in [-0.4, -0.2) is 28.3 Å². The average Bonchev–Trinajstić information content (AvgIpc) is 3.34. The summed E-state index contributed by atoms with van der Waals surface area (Å²) in [5.74, 6) is -2.76. The van der Waals surface area contributed by atoms with Gasteiger partial charge >= 0.3 is 30.5 Å². The molecule has 2 amide bonds. The molecular weight excluding hydrogens is 577 g/mol. The van der Waals surface area contributed by atoms with Gasteiger partial charge in [0.2, 0.25) is 0 Å². The summed E-state index contributed by atoms with van der Waals surface area (Å²) in [7, 11) is 0. The number of alkyl halides is 9. The van der Waals surface area contributed by atoms with Crippen molar-refractivity contribution < 1.29 is 58.6 Å². The molecule has 0 saturated heterocycles.